The number of aryl methyl sites for hydroxylation is 2. The minimum atomic E-state index is -4.60. The molecule has 0 atom stereocenters. The average molecular weight is 503 g/mol. The third kappa shape index (κ3) is 3.76. The van der Waals surface area contributed by atoms with Crippen LogP contribution in [0.2, 0.25) is 5.02 Å². The van der Waals surface area contributed by atoms with Gasteiger partial charge in [0.1, 0.15) is 22.2 Å². The minimum Gasteiger partial charge on any atom is -0.254 e. The molecule has 0 unspecified atom stereocenters. The molecule has 1 aliphatic rings. The van der Waals surface area contributed by atoms with E-state index in [1.165, 1.54) is 17.1 Å². The SMILES string of the molecule is Cc1sc2c(c1C)C(c1ccc(Cl)cc1)=NN(Cc1cccnc1C(F)(F)F)c1nnc(C)n1-2. The molecule has 4 aromatic rings. The lowest BCUT2D eigenvalue weighted by Gasteiger charge is -2.20. The number of thiophene rings is 1. The molecule has 0 N–H and O–H groups in total. The fourth-order valence-corrected chi connectivity index (χ4v) is 5.24. The molecule has 34 heavy (non-hydrogen) atoms. The van der Waals surface area contributed by atoms with Crippen molar-refractivity contribution in [2.24, 2.45) is 5.10 Å². The first-order valence-electron chi connectivity index (χ1n) is 10.3. The summed E-state index contributed by atoms with van der Waals surface area (Å²) in [6, 6.07) is 10.1. The Balaban J connectivity index is 1.75. The number of hydrogen-bond donors (Lipinski definition) is 0. The Morgan fingerprint density at radius 1 is 1.03 bits per heavy atom. The standard InChI is InChI=1S/C23H18ClF3N6S/c1-12-13(2)34-21-18(12)19(15-6-8-17(24)9-7-15)31-32(22-30-29-14(3)33(21)22)11-16-5-4-10-28-20(16)23(25,26)27/h4-10H,11H2,1-3H3. The van der Waals surface area contributed by atoms with Crippen LogP contribution in [0.4, 0.5) is 19.1 Å². The zero-order valence-corrected chi connectivity index (χ0v) is 19.9. The molecule has 4 heterocycles. The van der Waals surface area contributed by atoms with Crippen molar-refractivity contribution in [1.29, 1.82) is 0 Å². The van der Waals surface area contributed by atoms with Crippen molar-refractivity contribution < 1.29 is 13.2 Å². The minimum absolute atomic E-state index is 0.0143. The fourth-order valence-electron chi connectivity index (χ4n) is 3.92. The van der Waals surface area contributed by atoms with Gasteiger partial charge in [-0.3, -0.25) is 9.55 Å². The summed E-state index contributed by atoms with van der Waals surface area (Å²) in [6.45, 7) is 5.65. The third-order valence-corrected chi connectivity index (χ3v) is 7.11. The lowest BCUT2D eigenvalue weighted by atomic mass is 10.00. The summed E-state index contributed by atoms with van der Waals surface area (Å²) in [4.78, 5) is 4.69. The van der Waals surface area contributed by atoms with E-state index in [9.17, 15) is 13.2 Å². The van der Waals surface area contributed by atoms with Gasteiger partial charge in [0.2, 0.25) is 0 Å². The molecule has 6 nitrogen and oxygen atoms in total. The van der Waals surface area contributed by atoms with Gasteiger partial charge in [0.25, 0.3) is 5.95 Å². The summed E-state index contributed by atoms with van der Waals surface area (Å²) in [7, 11) is 0. The van der Waals surface area contributed by atoms with E-state index in [0.29, 0.717) is 22.5 Å². The van der Waals surface area contributed by atoms with Crippen molar-refractivity contribution in [1.82, 2.24) is 19.7 Å². The maximum Gasteiger partial charge on any atom is 0.433 e. The highest BCUT2D eigenvalue weighted by molar-refractivity contribution is 7.15. The number of nitrogens with zero attached hydrogens (tertiary/aromatic N) is 6. The number of pyridine rings is 1. The summed E-state index contributed by atoms with van der Waals surface area (Å²) in [6.07, 6.45) is -3.46. The van der Waals surface area contributed by atoms with Gasteiger partial charge in [-0.1, -0.05) is 29.8 Å². The molecule has 5 rings (SSSR count). The van der Waals surface area contributed by atoms with Crippen molar-refractivity contribution in [2.75, 3.05) is 5.01 Å². The molecular formula is C23H18ClF3N6S. The Labute approximate surface area is 202 Å². The Kier molecular flexibility index (Phi) is 5.44. The lowest BCUT2D eigenvalue weighted by molar-refractivity contribution is -0.141. The highest BCUT2D eigenvalue weighted by Gasteiger charge is 2.37. The van der Waals surface area contributed by atoms with Gasteiger partial charge < -0.3 is 0 Å². The summed E-state index contributed by atoms with van der Waals surface area (Å²) < 4.78 is 42.8. The van der Waals surface area contributed by atoms with E-state index in [4.69, 9.17) is 16.7 Å². The highest BCUT2D eigenvalue weighted by Crippen LogP contribution is 2.39. The number of fused-ring (bicyclic) bond motifs is 3. The van der Waals surface area contributed by atoms with Gasteiger partial charge >= 0.3 is 6.18 Å². The average Bonchev–Trinajstić information content (AvgIpc) is 3.26. The molecule has 0 bridgehead atoms. The first-order chi connectivity index (χ1) is 16.1. The molecule has 1 aliphatic heterocycles. The van der Waals surface area contributed by atoms with E-state index < -0.39 is 11.9 Å². The van der Waals surface area contributed by atoms with Gasteiger partial charge in [-0.2, -0.15) is 18.3 Å². The molecule has 0 fully saturated rings. The van der Waals surface area contributed by atoms with Crippen LogP contribution < -0.4 is 5.01 Å². The molecule has 174 valence electrons. The second kappa shape index (κ2) is 8.21. The van der Waals surface area contributed by atoms with Crippen molar-refractivity contribution in [3.8, 4) is 5.00 Å². The van der Waals surface area contributed by atoms with Crippen LogP contribution in [0.3, 0.4) is 0 Å². The Hall–Kier alpha value is -3.24. The molecule has 1 aromatic carbocycles. The first kappa shape index (κ1) is 22.5. The van der Waals surface area contributed by atoms with Crippen molar-refractivity contribution in [3.63, 3.8) is 0 Å². The lowest BCUT2D eigenvalue weighted by Crippen LogP contribution is -2.23. The van der Waals surface area contributed by atoms with Crippen molar-refractivity contribution in [2.45, 2.75) is 33.5 Å². The molecule has 3 aromatic heterocycles. The Morgan fingerprint density at radius 2 is 1.76 bits per heavy atom. The number of hydrazone groups is 1. The number of halogens is 4. The smallest absolute Gasteiger partial charge is 0.254 e. The predicted octanol–water partition coefficient (Wildman–Crippen LogP) is 6.09. The second-order valence-corrected chi connectivity index (χ2v) is 9.51. The van der Waals surface area contributed by atoms with Gasteiger partial charge in [-0.05, 0) is 44.5 Å². The molecule has 0 aliphatic carbocycles. The maximum atomic E-state index is 13.7. The number of aromatic nitrogens is 4. The summed E-state index contributed by atoms with van der Waals surface area (Å²) in [5.41, 5.74) is 2.36. The molecular weight excluding hydrogens is 485 g/mol. The van der Waals surface area contributed by atoms with Crippen LogP contribution in [-0.4, -0.2) is 25.5 Å². The fraction of sp³-hybridized carbons (Fsp3) is 0.217. The zero-order valence-electron chi connectivity index (χ0n) is 18.4. The monoisotopic (exact) mass is 502 g/mol. The van der Waals surface area contributed by atoms with Crippen LogP contribution in [0, 0.1) is 20.8 Å². The Morgan fingerprint density at radius 3 is 2.47 bits per heavy atom. The number of alkyl halides is 3. The molecule has 0 amide bonds. The van der Waals surface area contributed by atoms with Gasteiger partial charge in [0.05, 0.1) is 6.54 Å². The van der Waals surface area contributed by atoms with Crippen molar-refractivity contribution in [3.05, 3.63) is 86.3 Å². The van der Waals surface area contributed by atoms with E-state index in [0.717, 1.165) is 32.8 Å². The van der Waals surface area contributed by atoms with Crippen LogP contribution in [-0.2, 0) is 12.7 Å². The van der Waals surface area contributed by atoms with E-state index in [1.807, 2.05) is 30.5 Å². The van der Waals surface area contributed by atoms with Crippen LogP contribution in [0.5, 0.6) is 0 Å². The van der Waals surface area contributed by atoms with Crippen LogP contribution >= 0.6 is 22.9 Å². The number of rotatable bonds is 3. The third-order valence-electron chi connectivity index (χ3n) is 5.66. The van der Waals surface area contributed by atoms with Gasteiger partial charge in [-0.15, -0.1) is 21.5 Å². The first-order valence-corrected chi connectivity index (χ1v) is 11.5. The summed E-state index contributed by atoms with van der Waals surface area (Å²) in [5.74, 6) is 0.943. The predicted molar refractivity (Wildman–Crippen MR) is 126 cm³/mol. The maximum absolute atomic E-state index is 13.7. The van der Waals surface area contributed by atoms with Gasteiger partial charge in [0, 0.05) is 32.8 Å². The number of hydrogen-bond acceptors (Lipinski definition) is 6. The van der Waals surface area contributed by atoms with Crippen LogP contribution in [0.15, 0.2) is 47.7 Å². The number of benzene rings is 1. The van der Waals surface area contributed by atoms with Gasteiger partial charge in [0.15, 0.2) is 0 Å². The molecule has 0 radical (unpaired) electrons. The Bertz CT molecular complexity index is 1420. The summed E-state index contributed by atoms with van der Waals surface area (Å²) in [5, 5.41) is 16.2. The van der Waals surface area contributed by atoms with E-state index in [2.05, 4.69) is 15.2 Å². The topological polar surface area (TPSA) is 59.2 Å². The molecule has 0 spiro atoms. The van der Waals surface area contributed by atoms with Crippen molar-refractivity contribution >= 4 is 34.6 Å². The van der Waals surface area contributed by atoms with Crippen LogP contribution in [0.25, 0.3) is 5.00 Å². The summed E-state index contributed by atoms with van der Waals surface area (Å²) >= 11 is 7.67. The van der Waals surface area contributed by atoms with E-state index in [-0.39, 0.29) is 12.1 Å². The normalized spacial score (nSPS) is 13.4. The number of anilines is 1. The van der Waals surface area contributed by atoms with Crippen LogP contribution in [0.1, 0.15) is 38.6 Å². The largest absolute Gasteiger partial charge is 0.433 e. The molecule has 0 saturated heterocycles. The quantitative estimate of drug-likeness (QED) is 0.340. The zero-order chi connectivity index (χ0) is 24.2. The van der Waals surface area contributed by atoms with E-state index in [1.54, 1.807) is 30.4 Å². The highest BCUT2D eigenvalue weighted by atomic mass is 35.5. The molecule has 0 saturated carbocycles. The molecule has 11 heteroatoms. The second-order valence-electron chi connectivity index (χ2n) is 7.87. The van der Waals surface area contributed by atoms with E-state index >= 15 is 0 Å². The van der Waals surface area contributed by atoms with Gasteiger partial charge in [-0.25, -0.2) is 5.01 Å².